The topological polar surface area (TPSA) is 90.9 Å². The quantitative estimate of drug-likeness (QED) is 0.822. The van der Waals surface area contributed by atoms with E-state index in [1.807, 2.05) is 0 Å². The lowest BCUT2D eigenvalue weighted by Gasteiger charge is -2.07. The Morgan fingerprint density at radius 3 is 2.50 bits per heavy atom. The van der Waals surface area contributed by atoms with Crippen molar-refractivity contribution in [2.75, 3.05) is 0 Å². The SMILES string of the molecule is Cn1c(CC2CCCC2)nnc1S(N)(=O)=O. The lowest BCUT2D eigenvalue weighted by molar-refractivity contribution is 0.514. The molecule has 2 N–H and O–H groups in total. The van der Waals surface area contributed by atoms with E-state index in [2.05, 4.69) is 10.2 Å². The maximum atomic E-state index is 11.2. The van der Waals surface area contributed by atoms with Crippen LogP contribution in [0.25, 0.3) is 0 Å². The van der Waals surface area contributed by atoms with Crippen LogP contribution in [0.15, 0.2) is 5.16 Å². The summed E-state index contributed by atoms with van der Waals surface area (Å²) in [5.41, 5.74) is 0. The van der Waals surface area contributed by atoms with Crippen LogP contribution in [0.2, 0.25) is 0 Å². The Bertz CT molecular complexity index is 474. The second-order valence-corrected chi connectivity index (χ2v) is 5.81. The Morgan fingerprint density at radius 2 is 2.00 bits per heavy atom. The van der Waals surface area contributed by atoms with Crippen molar-refractivity contribution in [3.05, 3.63) is 5.82 Å². The summed E-state index contributed by atoms with van der Waals surface area (Å²) in [6.45, 7) is 0. The van der Waals surface area contributed by atoms with Crippen molar-refractivity contribution in [3.8, 4) is 0 Å². The van der Waals surface area contributed by atoms with E-state index < -0.39 is 10.0 Å². The summed E-state index contributed by atoms with van der Waals surface area (Å²) in [7, 11) is -2.11. The maximum absolute atomic E-state index is 11.2. The highest BCUT2D eigenvalue weighted by molar-refractivity contribution is 7.89. The zero-order chi connectivity index (χ0) is 11.8. The fourth-order valence-electron chi connectivity index (χ4n) is 2.24. The van der Waals surface area contributed by atoms with Gasteiger partial charge in [0.1, 0.15) is 5.82 Å². The fraction of sp³-hybridized carbons (Fsp3) is 0.778. The van der Waals surface area contributed by atoms with Gasteiger partial charge in [-0.05, 0) is 5.92 Å². The first-order valence-corrected chi connectivity index (χ1v) is 6.94. The van der Waals surface area contributed by atoms with Gasteiger partial charge < -0.3 is 4.57 Å². The highest BCUT2D eigenvalue weighted by Crippen LogP contribution is 2.27. The molecule has 1 aromatic rings. The van der Waals surface area contributed by atoms with Gasteiger partial charge in [0.05, 0.1) is 0 Å². The van der Waals surface area contributed by atoms with E-state index in [0.29, 0.717) is 11.7 Å². The van der Waals surface area contributed by atoms with E-state index in [4.69, 9.17) is 5.14 Å². The van der Waals surface area contributed by atoms with Crippen LogP contribution in [0.5, 0.6) is 0 Å². The molecule has 7 heteroatoms. The van der Waals surface area contributed by atoms with Gasteiger partial charge in [-0.2, -0.15) is 0 Å². The Kier molecular flexibility index (Phi) is 2.98. The predicted molar refractivity (Wildman–Crippen MR) is 58.0 cm³/mol. The van der Waals surface area contributed by atoms with Gasteiger partial charge in [-0.1, -0.05) is 25.7 Å². The van der Waals surface area contributed by atoms with E-state index in [1.165, 1.54) is 30.3 Å². The normalized spacial score (nSPS) is 18.1. The Balaban J connectivity index is 2.20. The predicted octanol–water partition coefficient (Wildman–Crippen LogP) is 0.195. The summed E-state index contributed by atoms with van der Waals surface area (Å²) >= 11 is 0. The van der Waals surface area contributed by atoms with E-state index in [-0.39, 0.29) is 5.16 Å². The molecule has 0 bridgehead atoms. The number of sulfonamides is 1. The Morgan fingerprint density at radius 1 is 1.38 bits per heavy atom. The van der Waals surface area contributed by atoms with Crippen molar-refractivity contribution >= 4 is 10.0 Å². The molecule has 90 valence electrons. The minimum absolute atomic E-state index is 0.152. The average molecular weight is 244 g/mol. The molecule has 1 aromatic heterocycles. The molecule has 6 nitrogen and oxygen atoms in total. The zero-order valence-corrected chi connectivity index (χ0v) is 10.1. The van der Waals surface area contributed by atoms with Crippen molar-refractivity contribution < 1.29 is 8.42 Å². The molecule has 0 spiro atoms. The van der Waals surface area contributed by atoms with Crippen LogP contribution in [0, 0.1) is 5.92 Å². The molecule has 1 fully saturated rings. The molecule has 0 amide bonds. The van der Waals surface area contributed by atoms with Crippen LogP contribution in [0.3, 0.4) is 0 Å². The number of nitrogens with two attached hydrogens (primary N) is 1. The molecule has 0 atom stereocenters. The summed E-state index contributed by atoms with van der Waals surface area (Å²) < 4.78 is 23.8. The number of nitrogens with zero attached hydrogens (tertiary/aromatic N) is 3. The third-order valence-electron chi connectivity index (χ3n) is 3.13. The smallest absolute Gasteiger partial charge is 0.273 e. The fourth-order valence-corrected chi connectivity index (χ4v) is 2.88. The average Bonchev–Trinajstić information content (AvgIpc) is 2.76. The zero-order valence-electron chi connectivity index (χ0n) is 9.26. The summed E-state index contributed by atoms with van der Waals surface area (Å²) in [6, 6.07) is 0. The molecule has 0 radical (unpaired) electrons. The number of hydrogen-bond acceptors (Lipinski definition) is 4. The highest BCUT2D eigenvalue weighted by atomic mass is 32.2. The van der Waals surface area contributed by atoms with E-state index in [0.717, 1.165) is 6.42 Å². The van der Waals surface area contributed by atoms with Gasteiger partial charge in [0.15, 0.2) is 0 Å². The molecule has 0 unspecified atom stereocenters. The molecule has 0 aromatic carbocycles. The number of rotatable bonds is 3. The molecule has 2 rings (SSSR count). The van der Waals surface area contributed by atoms with E-state index in [9.17, 15) is 8.42 Å². The number of aromatic nitrogens is 3. The number of hydrogen-bond donors (Lipinski definition) is 1. The first-order chi connectivity index (χ1) is 7.48. The Hall–Kier alpha value is -0.950. The standard InChI is InChI=1S/C9H16N4O2S/c1-13-8(6-7-4-2-3-5-7)11-12-9(13)16(10,14)15/h7H,2-6H2,1H3,(H2,10,14,15). The summed E-state index contributed by atoms with van der Waals surface area (Å²) in [4.78, 5) is 0. The summed E-state index contributed by atoms with van der Waals surface area (Å²) in [6.07, 6.45) is 5.68. The summed E-state index contributed by atoms with van der Waals surface area (Å²) in [5, 5.41) is 12.4. The van der Waals surface area contributed by atoms with Crippen LogP contribution in [-0.2, 0) is 23.5 Å². The van der Waals surface area contributed by atoms with E-state index >= 15 is 0 Å². The third-order valence-corrected chi connectivity index (χ3v) is 3.99. The largest absolute Gasteiger partial charge is 0.304 e. The molecular weight excluding hydrogens is 228 g/mol. The minimum atomic E-state index is -3.76. The number of primary sulfonamides is 1. The first kappa shape index (κ1) is 11.5. The lowest BCUT2D eigenvalue weighted by Crippen LogP contribution is -2.18. The van der Waals surface area contributed by atoms with Gasteiger partial charge in [0.2, 0.25) is 0 Å². The molecule has 0 saturated heterocycles. The third kappa shape index (κ3) is 2.25. The van der Waals surface area contributed by atoms with Crippen molar-refractivity contribution in [1.29, 1.82) is 0 Å². The monoisotopic (exact) mass is 244 g/mol. The van der Waals surface area contributed by atoms with Crippen LogP contribution < -0.4 is 5.14 Å². The Labute approximate surface area is 94.9 Å². The molecule has 16 heavy (non-hydrogen) atoms. The van der Waals surface area contributed by atoms with Gasteiger partial charge in [0, 0.05) is 13.5 Å². The highest BCUT2D eigenvalue weighted by Gasteiger charge is 2.22. The molecule has 1 saturated carbocycles. The van der Waals surface area contributed by atoms with Crippen molar-refractivity contribution in [3.63, 3.8) is 0 Å². The second kappa shape index (κ2) is 4.14. The molecule has 0 aliphatic heterocycles. The first-order valence-electron chi connectivity index (χ1n) is 5.39. The van der Waals surface area contributed by atoms with E-state index in [1.54, 1.807) is 7.05 Å². The van der Waals surface area contributed by atoms with Crippen LogP contribution >= 0.6 is 0 Å². The van der Waals surface area contributed by atoms with Crippen LogP contribution in [-0.4, -0.2) is 23.2 Å². The molecule has 1 heterocycles. The van der Waals surface area contributed by atoms with Crippen LogP contribution in [0.1, 0.15) is 31.5 Å². The van der Waals surface area contributed by atoms with Crippen molar-refractivity contribution in [2.24, 2.45) is 18.1 Å². The van der Waals surface area contributed by atoms with Gasteiger partial charge >= 0.3 is 0 Å². The lowest BCUT2D eigenvalue weighted by atomic mass is 10.0. The van der Waals surface area contributed by atoms with Crippen molar-refractivity contribution in [1.82, 2.24) is 14.8 Å². The second-order valence-electron chi connectivity index (χ2n) is 4.36. The van der Waals surface area contributed by atoms with Gasteiger partial charge in [-0.3, -0.25) is 0 Å². The van der Waals surface area contributed by atoms with Crippen LogP contribution in [0.4, 0.5) is 0 Å². The van der Waals surface area contributed by atoms with Gasteiger partial charge in [0.25, 0.3) is 15.2 Å². The summed E-state index contributed by atoms with van der Waals surface area (Å²) in [5.74, 6) is 1.31. The minimum Gasteiger partial charge on any atom is -0.304 e. The molecule has 1 aliphatic carbocycles. The molecular formula is C9H16N4O2S. The van der Waals surface area contributed by atoms with Gasteiger partial charge in [-0.15, -0.1) is 10.2 Å². The molecule has 1 aliphatic rings. The van der Waals surface area contributed by atoms with Gasteiger partial charge in [-0.25, -0.2) is 13.6 Å². The van der Waals surface area contributed by atoms with Crippen molar-refractivity contribution in [2.45, 2.75) is 37.3 Å². The maximum Gasteiger partial charge on any atom is 0.273 e.